The SMILES string of the molecule is CC.CN=NC(=NC)NC(=O)C1c2ccccc2Cc2[nH]ccc21. The summed E-state index contributed by atoms with van der Waals surface area (Å²) in [5.41, 5.74) is 4.26. The van der Waals surface area contributed by atoms with Crippen molar-refractivity contribution in [2.24, 2.45) is 15.2 Å². The van der Waals surface area contributed by atoms with Gasteiger partial charge in [-0.05, 0) is 22.8 Å². The molecule has 0 saturated carbocycles. The Morgan fingerprint density at radius 3 is 2.62 bits per heavy atom. The number of aromatic amines is 1. The zero-order valence-corrected chi connectivity index (χ0v) is 14.5. The number of guanidine groups is 1. The minimum Gasteiger partial charge on any atom is -0.364 e. The van der Waals surface area contributed by atoms with Gasteiger partial charge in [0.05, 0.1) is 5.92 Å². The van der Waals surface area contributed by atoms with E-state index in [-0.39, 0.29) is 17.8 Å². The molecule has 0 fully saturated rings. The van der Waals surface area contributed by atoms with Gasteiger partial charge in [0.2, 0.25) is 11.9 Å². The number of aromatic nitrogens is 1. The highest BCUT2D eigenvalue weighted by Crippen LogP contribution is 2.36. The number of nitrogens with one attached hydrogen (secondary N) is 2. The molecule has 2 N–H and O–H groups in total. The highest BCUT2D eigenvalue weighted by Gasteiger charge is 2.32. The quantitative estimate of drug-likeness (QED) is 0.471. The fourth-order valence-electron chi connectivity index (χ4n) is 2.86. The maximum Gasteiger partial charge on any atom is 0.244 e. The third-order valence-electron chi connectivity index (χ3n) is 3.82. The molecule has 3 rings (SSSR count). The lowest BCUT2D eigenvalue weighted by molar-refractivity contribution is -0.120. The molecule has 1 atom stereocenters. The normalized spacial score (nSPS) is 16.0. The van der Waals surface area contributed by atoms with Crippen molar-refractivity contribution in [3.63, 3.8) is 0 Å². The molecule has 0 radical (unpaired) electrons. The number of carbonyl (C=O) groups is 1. The van der Waals surface area contributed by atoms with E-state index in [1.807, 2.05) is 44.3 Å². The van der Waals surface area contributed by atoms with Crippen LogP contribution >= 0.6 is 0 Å². The van der Waals surface area contributed by atoms with Crippen LogP contribution in [0.1, 0.15) is 42.1 Å². The van der Waals surface area contributed by atoms with Crippen molar-refractivity contribution < 1.29 is 4.79 Å². The maximum atomic E-state index is 12.8. The molecule has 1 aromatic carbocycles. The monoisotopic (exact) mass is 325 g/mol. The van der Waals surface area contributed by atoms with E-state index in [2.05, 4.69) is 31.6 Å². The second-order valence-electron chi connectivity index (χ2n) is 5.06. The van der Waals surface area contributed by atoms with E-state index in [0.717, 1.165) is 28.8 Å². The minimum atomic E-state index is -0.366. The van der Waals surface area contributed by atoms with Gasteiger partial charge in [-0.2, -0.15) is 5.11 Å². The zero-order valence-electron chi connectivity index (χ0n) is 14.5. The van der Waals surface area contributed by atoms with Crippen LogP contribution in [0.4, 0.5) is 0 Å². The summed E-state index contributed by atoms with van der Waals surface area (Å²) in [5.74, 6) is -0.302. The first-order valence-corrected chi connectivity index (χ1v) is 8.06. The average Bonchev–Trinajstić information content (AvgIpc) is 3.08. The number of hydrogen-bond acceptors (Lipinski definition) is 3. The van der Waals surface area contributed by atoms with E-state index in [9.17, 15) is 4.79 Å². The molecule has 0 saturated heterocycles. The van der Waals surface area contributed by atoms with E-state index < -0.39 is 0 Å². The first kappa shape index (κ1) is 17.6. The Morgan fingerprint density at radius 2 is 1.92 bits per heavy atom. The van der Waals surface area contributed by atoms with Crippen LogP contribution in [0.5, 0.6) is 0 Å². The number of benzene rings is 1. The summed E-state index contributed by atoms with van der Waals surface area (Å²) in [7, 11) is 3.11. The Labute approximate surface area is 142 Å². The topological polar surface area (TPSA) is 82.0 Å². The van der Waals surface area contributed by atoms with Gasteiger partial charge in [-0.3, -0.25) is 15.1 Å². The summed E-state index contributed by atoms with van der Waals surface area (Å²) in [6.07, 6.45) is 2.68. The van der Waals surface area contributed by atoms with Gasteiger partial charge in [0, 0.05) is 32.4 Å². The highest BCUT2D eigenvalue weighted by atomic mass is 16.2. The van der Waals surface area contributed by atoms with Gasteiger partial charge in [-0.25, -0.2) is 0 Å². The fourth-order valence-corrected chi connectivity index (χ4v) is 2.86. The molecule has 0 spiro atoms. The maximum absolute atomic E-state index is 12.8. The summed E-state index contributed by atoms with van der Waals surface area (Å²) in [6.45, 7) is 4.00. The Kier molecular flexibility index (Phi) is 6.01. The number of H-pyrrole nitrogens is 1. The van der Waals surface area contributed by atoms with Crippen LogP contribution in [0.25, 0.3) is 0 Å². The van der Waals surface area contributed by atoms with Crippen molar-refractivity contribution in [2.75, 3.05) is 14.1 Å². The minimum absolute atomic E-state index is 0.152. The third-order valence-corrected chi connectivity index (χ3v) is 3.82. The number of nitrogens with zero attached hydrogens (tertiary/aromatic N) is 3. The molecule has 1 aromatic heterocycles. The molecule has 1 heterocycles. The van der Waals surface area contributed by atoms with Crippen molar-refractivity contribution in [1.29, 1.82) is 0 Å². The predicted molar refractivity (Wildman–Crippen MR) is 95.5 cm³/mol. The number of amides is 1. The van der Waals surface area contributed by atoms with E-state index in [1.165, 1.54) is 7.05 Å². The van der Waals surface area contributed by atoms with Crippen LogP contribution in [0, 0.1) is 0 Å². The fraction of sp³-hybridized carbons (Fsp3) is 0.333. The van der Waals surface area contributed by atoms with Gasteiger partial charge >= 0.3 is 0 Å². The molecule has 1 amide bonds. The van der Waals surface area contributed by atoms with Gasteiger partial charge in [-0.15, -0.1) is 5.11 Å². The van der Waals surface area contributed by atoms with E-state index in [4.69, 9.17) is 0 Å². The van der Waals surface area contributed by atoms with Gasteiger partial charge < -0.3 is 4.98 Å². The predicted octanol–water partition coefficient (Wildman–Crippen LogP) is 3.26. The lowest BCUT2D eigenvalue weighted by Crippen LogP contribution is -2.35. The molecule has 0 aliphatic heterocycles. The summed E-state index contributed by atoms with van der Waals surface area (Å²) < 4.78 is 0. The Balaban J connectivity index is 0.00000100. The van der Waals surface area contributed by atoms with Crippen LogP contribution in [0.2, 0.25) is 0 Å². The molecule has 126 valence electrons. The summed E-state index contributed by atoms with van der Waals surface area (Å²) in [4.78, 5) is 19.9. The molecule has 1 aliphatic rings. The smallest absolute Gasteiger partial charge is 0.244 e. The summed E-state index contributed by atoms with van der Waals surface area (Å²) in [5, 5.41) is 10.2. The average molecular weight is 325 g/mol. The highest BCUT2D eigenvalue weighted by molar-refractivity contribution is 6.02. The Hall–Kier alpha value is -2.76. The molecular formula is C18H23N5O. The molecule has 1 unspecified atom stereocenters. The molecular weight excluding hydrogens is 302 g/mol. The van der Waals surface area contributed by atoms with Crippen LogP contribution in [-0.2, 0) is 11.2 Å². The second kappa shape index (κ2) is 8.19. The van der Waals surface area contributed by atoms with Gasteiger partial charge in [-0.1, -0.05) is 38.1 Å². The van der Waals surface area contributed by atoms with Crippen LogP contribution in [0.15, 0.2) is 51.7 Å². The van der Waals surface area contributed by atoms with Crippen molar-refractivity contribution >= 4 is 11.9 Å². The van der Waals surface area contributed by atoms with Crippen molar-refractivity contribution in [2.45, 2.75) is 26.2 Å². The molecule has 24 heavy (non-hydrogen) atoms. The molecule has 6 heteroatoms. The number of hydrogen-bond donors (Lipinski definition) is 2. The lowest BCUT2D eigenvalue weighted by Gasteiger charge is -2.25. The van der Waals surface area contributed by atoms with Crippen molar-refractivity contribution in [3.8, 4) is 0 Å². The van der Waals surface area contributed by atoms with Gasteiger partial charge in [0.1, 0.15) is 0 Å². The number of carbonyl (C=O) groups excluding carboxylic acids is 1. The summed E-state index contributed by atoms with van der Waals surface area (Å²) in [6, 6.07) is 9.96. The van der Waals surface area contributed by atoms with E-state index in [0.29, 0.717) is 0 Å². The zero-order chi connectivity index (χ0) is 17.5. The van der Waals surface area contributed by atoms with Crippen LogP contribution < -0.4 is 5.32 Å². The lowest BCUT2D eigenvalue weighted by atomic mass is 9.81. The standard InChI is InChI=1S/C16H17N5O.C2H6/c1-17-16(21-18-2)20-15(22)14-11-6-4-3-5-10(11)9-13-12(14)7-8-19-13;1-2/h3-8,14,19H,9H2,1-2H3,(H,17,20,22);1-2H3. The largest absolute Gasteiger partial charge is 0.364 e. The Bertz CT molecular complexity index is 760. The van der Waals surface area contributed by atoms with E-state index in [1.54, 1.807) is 7.05 Å². The first-order chi connectivity index (χ1) is 11.7. The number of rotatable bonds is 1. The van der Waals surface area contributed by atoms with Crippen LogP contribution in [0.3, 0.4) is 0 Å². The number of azo groups is 1. The Morgan fingerprint density at radius 1 is 1.17 bits per heavy atom. The molecule has 2 aromatic rings. The van der Waals surface area contributed by atoms with Gasteiger partial charge in [0.25, 0.3) is 0 Å². The molecule has 1 aliphatic carbocycles. The summed E-state index contributed by atoms with van der Waals surface area (Å²) >= 11 is 0. The van der Waals surface area contributed by atoms with Gasteiger partial charge in [0.15, 0.2) is 0 Å². The van der Waals surface area contributed by atoms with Crippen LogP contribution in [-0.4, -0.2) is 30.9 Å². The van der Waals surface area contributed by atoms with E-state index >= 15 is 0 Å². The van der Waals surface area contributed by atoms with Crippen molar-refractivity contribution in [3.05, 3.63) is 58.9 Å². The molecule has 6 nitrogen and oxygen atoms in total. The van der Waals surface area contributed by atoms with Crippen molar-refractivity contribution in [1.82, 2.24) is 10.3 Å². The number of fused-ring (bicyclic) bond motifs is 2. The molecule has 0 bridgehead atoms. The first-order valence-electron chi connectivity index (χ1n) is 8.06. The number of aliphatic imine (C=N–C) groups is 1. The third kappa shape index (κ3) is 3.42. The second-order valence-corrected chi connectivity index (χ2v) is 5.06.